The van der Waals surface area contributed by atoms with Crippen LogP contribution in [0.25, 0.3) is 5.70 Å². The number of rotatable bonds is 6. The molecule has 1 aliphatic heterocycles. The van der Waals surface area contributed by atoms with E-state index in [2.05, 4.69) is 40.4 Å². The van der Waals surface area contributed by atoms with Crippen molar-refractivity contribution < 1.29 is 42.2 Å². The van der Waals surface area contributed by atoms with Crippen LogP contribution in [0.5, 0.6) is 5.75 Å². The standard InChI is InChI=1S/C17H19BrNO2.Y/c1-4-19-13(2)16(18)9-10-17(19)14-5-7-15(8-6-14)21-12-11-20-3;/h5-9H,2,4,11-12H2,1,3H3;/q-1;. The van der Waals surface area contributed by atoms with Crippen LogP contribution in [0, 0.1) is 6.08 Å². The molecule has 0 spiro atoms. The largest absolute Gasteiger partial charge is 0.491 e. The molecule has 0 saturated carbocycles. The van der Waals surface area contributed by atoms with Gasteiger partial charge in [-0.25, -0.2) is 0 Å². The van der Waals surface area contributed by atoms with E-state index in [1.807, 2.05) is 30.3 Å². The average molecular weight is 438 g/mol. The van der Waals surface area contributed by atoms with Crippen molar-refractivity contribution in [2.24, 2.45) is 0 Å². The minimum atomic E-state index is 0. The Morgan fingerprint density at radius 1 is 1.23 bits per heavy atom. The maximum atomic E-state index is 5.57. The van der Waals surface area contributed by atoms with Gasteiger partial charge >= 0.3 is 0 Å². The van der Waals surface area contributed by atoms with Crippen molar-refractivity contribution in [3.8, 4) is 5.75 Å². The Bertz CT molecular complexity index is 567. The van der Waals surface area contributed by atoms with Gasteiger partial charge < -0.3 is 14.4 Å². The molecule has 1 radical (unpaired) electrons. The van der Waals surface area contributed by atoms with Gasteiger partial charge in [0.2, 0.25) is 0 Å². The Hall–Kier alpha value is -0.416. The summed E-state index contributed by atoms with van der Waals surface area (Å²) >= 11 is 3.49. The summed E-state index contributed by atoms with van der Waals surface area (Å²) < 4.78 is 11.5. The van der Waals surface area contributed by atoms with Crippen molar-refractivity contribution in [1.29, 1.82) is 0 Å². The fraction of sp³-hybridized carbons (Fsp3) is 0.294. The van der Waals surface area contributed by atoms with E-state index in [9.17, 15) is 0 Å². The molecule has 3 nitrogen and oxygen atoms in total. The Balaban J connectivity index is 0.00000242. The average Bonchev–Trinajstić information content (AvgIpc) is 2.51. The summed E-state index contributed by atoms with van der Waals surface area (Å²) in [4.78, 5) is 2.13. The first-order valence-electron chi connectivity index (χ1n) is 6.85. The number of methoxy groups -OCH3 is 1. The van der Waals surface area contributed by atoms with E-state index < -0.39 is 0 Å². The van der Waals surface area contributed by atoms with Gasteiger partial charge in [0, 0.05) is 46.4 Å². The maximum Gasteiger partial charge on any atom is 0.117 e. The molecule has 1 aromatic carbocycles. The van der Waals surface area contributed by atoms with E-state index in [0.717, 1.165) is 33.7 Å². The van der Waals surface area contributed by atoms with Crippen LogP contribution in [0.2, 0.25) is 0 Å². The molecule has 0 bridgehead atoms. The van der Waals surface area contributed by atoms with Crippen LogP contribution >= 0.6 is 15.9 Å². The molecule has 0 saturated heterocycles. The Labute approximate surface area is 166 Å². The normalized spacial score (nSPS) is 14.1. The molecule has 0 N–H and O–H groups in total. The molecule has 5 heteroatoms. The first-order chi connectivity index (χ1) is 10.2. The van der Waals surface area contributed by atoms with E-state index in [0.29, 0.717) is 13.2 Å². The van der Waals surface area contributed by atoms with E-state index in [-0.39, 0.29) is 32.7 Å². The molecule has 1 aliphatic rings. The molecular formula is C17H19BrNO2Y-. The molecule has 0 amide bonds. The number of hydrogen-bond donors (Lipinski definition) is 0. The summed E-state index contributed by atoms with van der Waals surface area (Å²) in [5, 5.41) is 0. The van der Waals surface area contributed by atoms with Gasteiger partial charge in [0.05, 0.1) is 6.61 Å². The van der Waals surface area contributed by atoms with Crippen LogP contribution < -0.4 is 4.74 Å². The second-order valence-electron chi connectivity index (χ2n) is 4.54. The summed E-state index contributed by atoms with van der Waals surface area (Å²) in [6.07, 6.45) is 5.21. The number of halogens is 1. The fourth-order valence-electron chi connectivity index (χ4n) is 2.10. The molecular weight excluding hydrogens is 419 g/mol. The number of allylic oxidation sites excluding steroid dienone is 3. The zero-order valence-electron chi connectivity index (χ0n) is 12.9. The van der Waals surface area contributed by atoms with E-state index in [4.69, 9.17) is 9.47 Å². The second-order valence-corrected chi connectivity index (χ2v) is 5.40. The van der Waals surface area contributed by atoms with Crippen LogP contribution in [-0.4, -0.2) is 31.8 Å². The summed E-state index contributed by atoms with van der Waals surface area (Å²) in [6, 6.07) is 7.99. The number of ether oxygens (including phenoxy) is 2. The maximum absolute atomic E-state index is 5.57. The quantitative estimate of drug-likeness (QED) is 0.496. The zero-order chi connectivity index (χ0) is 15.2. The van der Waals surface area contributed by atoms with Gasteiger partial charge in [-0.1, -0.05) is 22.3 Å². The van der Waals surface area contributed by atoms with E-state index in [1.54, 1.807) is 7.11 Å². The molecule has 0 aromatic heterocycles. The van der Waals surface area contributed by atoms with Crippen LogP contribution in [0.15, 0.2) is 47.1 Å². The smallest absolute Gasteiger partial charge is 0.117 e. The molecule has 0 atom stereocenters. The zero-order valence-corrected chi connectivity index (χ0v) is 17.4. The van der Waals surface area contributed by atoms with Gasteiger partial charge in [-0.3, -0.25) is 0 Å². The van der Waals surface area contributed by atoms with Gasteiger partial charge in [0.15, 0.2) is 0 Å². The van der Waals surface area contributed by atoms with E-state index >= 15 is 0 Å². The molecule has 2 rings (SSSR count). The topological polar surface area (TPSA) is 21.7 Å². The molecule has 0 fully saturated rings. The summed E-state index contributed by atoms with van der Waals surface area (Å²) in [5.41, 5.74) is 3.06. The number of nitrogens with zero attached hydrogens (tertiary/aromatic N) is 1. The molecule has 1 heterocycles. The predicted octanol–water partition coefficient (Wildman–Crippen LogP) is 3.98. The van der Waals surface area contributed by atoms with Gasteiger partial charge in [-0.05, 0) is 24.8 Å². The van der Waals surface area contributed by atoms with Gasteiger partial charge in [0.25, 0.3) is 0 Å². The third-order valence-electron chi connectivity index (χ3n) is 3.21. The van der Waals surface area contributed by atoms with Gasteiger partial charge in [-0.2, -0.15) is 12.2 Å². The minimum Gasteiger partial charge on any atom is -0.491 e. The van der Waals surface area contributed by atoms with Crippen molar-refractivity contribution in [3.63, 3.8) is 0 Å². The number of likely N-dealkylation sites (N-methyl/N-ethyl adjacent to an activating group) is 1. The Kier molecular flexibility index (Phi) is 8.62. The van der Waals surface area contributed by atoms with Crippen molar-refractivity contribution in [1.82, 2.24) is 4.90 Å². The summed E-state index contributed by atoms with van der Waals surface area (Å²) in [5.74, 6) is 0.839. The van der Waals surface area contributed by atoms with Crippen LogP contribution in [-0.2, 0) is 37.4 Å². The third kappa shape index (κ3) is 4.79. The number of hydrogen-bond acceptors (Lipinski definition) is 3. The molecule has 0 unspecified atom stereocenters. The Morgan fingerprint density at radius 2 is 1.91 bits per heavy atom. The van der Waals surface area contributed by atoms with Crippen LogP contribution in [0.3, 0.4) is 0 Å². The van der Waals surface area contributed by atoms with Crippen molar-refractivity contribution in [2.45, 2.75) is 6.92 Å². The second kappa shape index (κ2) is 9.66. The monoisotopic (exact) mass is 437 g/mol. The molecule has 115 valence electrons. The summed E-state index contributed by atoms with van der Waals surface area (Å²) in [7, 11) is 1.66. The molecule has 1 aromatic rings. The minimum absolute atomic E-state index is 0. The Morgan fingerprint density at radius 3 is 2.50 bits per heavy atom. The first-order valence-corrected chi connectivity index (χ1v) is 7.64. The number of benzene rings is 1. The predicted molar refractivity (Wildman–Crippen MR) is 89.0 cm³/mol. The summed E-state index contributed by atoms with van der Waals surface area (Å²) in [6.45, 7) is 8.18. The molecule has 0 aliphatic carbocycles. The van der Waals surface area contributed by atoms with Crippen LogP contribution in [0.4, 0.5) is 0 Å². The first kappa shape index (κ1) is 19.6. The molecule has 22 heavy (non-hydrogen) atoms. The van der Waals surface area contributed by atoms with Crippen molar-refractivity contribution in [2.75, 3.05) is 26.9 Å². The van der Waals surface area contributed by atoms with Crippen molar-refractivity contribution >= 4 is 21.6 Å². The van der Waals surface area contributed by atoms with Gasteiger partial charge in [0.1, 0.15) is 12.4 Å². The fourth-order valence-corrected chi connectivity index (χ4v) is 2.43. The van der Waals surface area contributed by atoms with Crippen LogP contribution in [0.1, 0.15) is 12.5 Å². The van der Waals surface area contributed by atoms with E-state index in [1.165, 1.54) is 0 Å². The SMILES string of the molecule is C=C1C(Br)=C[C-]=C(c2ccc(OCCOC)cc2)N1CC.[Y]. The van der Waals surface area contributed by atoms with Crippen molar-refractivity contribution in [3.05, 3.63) is 58.7 Å². The third-order valence-corrected chi connectivity index (χ3v) is 3.89. The van der Waals surface area contributed by atoms with Gasteiger partial charge in [-0.15, -0.1) is 28.1 Å².